The Morgan fingerprint density at radius 1 is 1.35 bits per heavy atom. The highest BCUT2D eigenvalue weighted by Gasteiger charge is 2.32. The average molecular weight is 262 g/mol. The Morgan fingerprint density at radius 2 is 2.06 bits per heavy atom. The number of rotatable bonds is 5. The minimum absolute atomic E-state index is 0.159. The van der Waals surface area contributed by atoms with Gasteiger partial charge in [-0.05, 0) is 33.2 Å². The first-order chi connectivity index (χ1) is 8.00. The summed E-state index contributed by atoms with van der Waals surface area (Å²) in [5.74, 6) is 0. The first-order valence-corrected chi connectivity index (χ1v) is 8.21. The number of nitrogens with one attached hydrogen (secondary N) is 1. The molecule has 5 heteroatoms. The predicted octanol–water partition coefficient (Wildman–Crippen LogP) is 1.58. The van der Waals surface area contributed by atoms with Crippen molar-refractivity contribution in [1.29, 1.82) is 0 Å². The van der Waals surface area contributed by atoms with Gasteiger partial charge in [-0.15, -0.1) is 0 Å². The summed E-state index contributed by atoms with van der Waals surface area (Å²) < 4.78 is 26.6. The van der Waals surface area contributed by atoms with E-state index in [4.69, 9.17) is 0 Å². The normalized spacial score (nSPS) is 25.5. The number of nitrogens with zero attached hydrogens (tertiary/aromatic N) is 1. The van der Waals surface area contributed by atoms with Crippen LogP contribution in [0, 0.1) is 0 Å². The molecule has 2 unspecified atom stereocenters. The third kappa shape index (κ3) is 3.93. The fourth-order valence-electron chi connectivity index (χ4n) is 2.31. The quantitative estimate of drug-likeness (QED) is 0.818. The van der Waals surface area contributed by atoms with Crippen LogP contribution in [0.3, 0.4) is 0 Å². The molecule has 4 nitrogen and oxygen atoms in total. The second kappa shape index (κ2) is 6.71. The minimum atomic E-state index is -3.14. The van der Waals surface area contributed by atoms with Crippen LogP contribution >= 0.6 is 0 Å². The van der Waals surface area contributed by atoms with Gasteiger partial charge in [-0.25, -0.2) is 8.42 Å². The molecule has 102 valence electrons. The van der Waals surface area contributed by atoms with Crippen molar-refractivity contribution >= 4 is 10.0 Å². The van der Waals surface area contributed by atoms with Gasteiger partial charge in [0.2, 0.25) is 10.0 Å². The van der Waals surface area contributed by atoms with Crippen LogP contribution < -0.4 is 5.32 Å². The largest absolute Gasteiger partial charge is 0.316 e. The monoisotopic (exact) mass is 262 g/mol. The molecule has 0 spiro atoms. The van der Waals surface area contributed by atoms with Crippen molar-refractivity contribution in [3.63, 3.8) is 0 Å². The van der Waals surface area contributed by atoms with E-state index in [1.54, 1.807) is 11.2 Å². The lowest BCUT2D eigenvalue weighted by Crippen LogP contribution is -2.45. The van der Waals surface area contributed by atoms with Crippen LogP contribution in [0.1, 0.15) is 46.5 Å². The number of sulfonamides is 1. The second-order valence-corrected chi connectivity index (χ2v) is 7.28. The molecular formula is C12H26N2O2S. The number of hydrogen-bond acceptors (Lipinski definition) is 3. The molecule has 1 aliphatic rings. The summed E-state index contributed by atoms with van der Waals surface area (Å²) in [5, 5.41) is 2.79. The molecule has 0 radical (unpaired) electrons. The van der Waals surface area contributed by atoms with Crippen molar-refractivity contribution in [2.24, 2.45) is 0 Å². The van der Waals surface area contributed by atoms with Gasteiger partial charge in [-0.3, -0.25) is 0 Å². The van der Waals surface area contributed by atoms with Crippen molar-refractivity contribution in [1.82, 2.24) is 9.62 Å². The van der Waals surface area contributed by atoms with Crippen molar-refractivity contribution < 1.29 is 8.42 Å². The highest BCUT2D eigenvalue weighted by molar-refractivity contribution is 7.89. The topological polar surface area (TPSA) is 49.4 Å². The maximum absolute atomic E-state index is 12.4. The van der Waals surface area contributed by atoms with E-state index in [0.717, 1.165) is 32.2 Å². The van der Waals surface area contributed by atoms with Gasteiger partial charge < -0.3 is 5.32 Å². The van der Waals surface area contributed by atoms with Gasteiger partial charge in [0.25, 0.3) is 0 Å². The van der Waals surface area contributed by atoms with Crippen LogP contribution in [-0.4, -0.2) is 43.6 Å². The average Bonchev–Trinajstić information content (AvgIpc) is 2.50. The maximum Gasteiger partial charge on any atom is 0.218 e. The van der Waals surface area contributed by atoms with Gasteiger partial charge in [-0.1, -0.05) is 19.8 Å². The van der Waals surface area contributed by atoms with Gasteiger partial charge >= 0.3 is 0 Å². The molecule has 1 heterocycles. The smallest absolute Gasteiger partial charge is 0.218 e. The lowest BCUT2D eigenvalue weighted by Gasteiger charge is -2.29. The van der Waals surface area contributed by atoms with Gasteiger partial charge in [0.1, 0.15) is 0 Å². The van der Waals surface area contributed by atoms with Crippen LogP contribution in [-0.2, 0) is 10.0 Å². The zero-order chi connectivity index (χ0) is 12.9. The number of hydrogen-bond donors (Lipinski definition) is 1. The summed E-state index contributed by atoms with van der Waals surface area (Å²) in [4.78, 5) is 0. The van der Waals surface area contributed by atoms with Crippen LogP contribution in [0.4, 0.5) is 0 Å². The van der Waals surface area contributed by atoms with E-state index in [0.29, 0.717) is 13.1 Å². The molecule has 2 atom stereocenters. The van der Waals surface area contributed by atoms with Crippen molar-refractivity contribution in [3.8, 4) is 0 Å². The molecule has 1 aliphatic heterocycles. The Kier molecular flexibility index (Phi) is 5.89. The molecule has 1 saturated heterocycles. The lowest BCUT2D eigenvalue weighted by molar-refractivity contribution is 0.337. The van der Waals surface area contributed by atoms with E-state index in [-0.39, 0.29) is 11.3 Å². The van der Waals surface area contributed by atoms with Crippen molar-refractivity contribution in [2.45, 2.75) is 57.7 Å². The molecule has 0 saturated carbocycles. The standard InChI is InChI=1S/C12H26N2O2S/c1-4-13-10-12(3)17(15,16)14-9-7-5-6-8-11(14)2/h11-13H,4-10H2,1-3H3. The molecular weight excluding hydrogens is 236 g/mol. The highest BCUT2D eigenvalue weighted by atomic mass is 32.2. The molecule has 0 aromatic carbocycles. The Labute approximate surface area is 106 Å². The maximum atomic E-state index is 12.4. The van der Waals surface area contributed by atoms with Gasteiger partial charge in [0.15, 0.2) is 0 Å². The van der Waals surface area contributed by atoms with E-state index in [9.17, 15) is 8.42 Å². The van der Waals surface area contributed by atoms with Crippen molar-refractivity contribution in [2.75, 3.05) is 19.6 Å². The van der Waals surface area contributed by atoms with Gasteiger partial charge in [0, 0.05) is 19.1 Å². The summed E-state index contributed by atoms with van der Waals surface area (Å²) in [6, 6.07) is 0.159. The predicted molar refractivity (Wildman–Crippen MR) is 71.6 cm³/mol. The van der Waals surface area contributed by atoms with Crippen molar-refractivity contribution in [3.05, 3.63) is 0 Å². The van der Waals surface area contributed by atoms with E-state index >= 15 is 0 Å². The third-order valence-electron chi connectivity index (χ3n) is 3.51. The van der Waals surface area contributed by atoms with E-state index in [1.165, 1.54) is 0 Å². The van der Waals surface area contributed by atoms with Crippen LogP contribution in [0.2, 0.25) is 0 Å². The summed E-state index contributed by atoms with van der Waals surface area (Å²) in [5.41, 5.74) is 0. The minimum Gasteiger partial charge on any atom is -0.316 e. The van der Waals surface area contributed by atoms with E-state index in [1.807, 2.05) is 13.8 Å². The molecule has 1 fully saturated rings. The molecule has 1 N–H and O–H groups in total. The summed E-state index contributed by atoms with van der Waals surface area (Å²) in [6.45, 7) is 7.88. The molecule has 0 bridgehead atoms. The first-order valence-electron chi connectivity index (χ1n) is 6.71. The third-order valence-corrected chi connectivity index (χ3v) is 5.89. The van der Waals surface area contributed by atoms with E-state index < -0.39 is 10.0 Å². The van der Waals surface area contributed by atoms with Crippen LogP contribution in [0.25, 0.3) is 0 Å². The molecule has 17 heavy (non-hydrogen) atoms. The first kappa shape index (κ1) is 14.9. The van der Waals surface area contributed by atoms with Crippen LogP contribution in [0.15, 0.2) is 0 Å². The molecule has 1 rings (SSSR count). The fraction of sp³-hybridized carbons (Fsp3) is 1.00. The SMILES string of the molecule is CCNCC(C)S(=O)(=O)N1CCCCCC1C. The Bertz CT molecular complexity index is 316. The second-order valence-electron chi connectivity index (χ2n) is 4.97. The zero-order valence-electron chi connectivity index (χ0n) is 11.3. The molecule has 0 aromatic rings. The molecule has 0 aliphatic carbocycles. The van der Waals surface area contributed by atoms with Crippen LogP contribution in [0.5, 0.6) is 0 Å². The summed E-state index contributed by atoms with van der Waals surface area (Å²) in [7, 11) is -3.14. The summed E-state index contributed by atoms with van der Waals surface area (Å²) in [6.07, 6.45) is 4.29. The Hall–Kier alpha value is -0.130. The lowest BCUT2D eigenvalue weighted by atomic mass is 10.1. The van der Waals surface area contributed by atoms with Gasteiger partial charge in [0.05, 0.1) is 5.25 Å². The Morgan fingerprint density at radius 3 is 2.71 bits per heavy atom. The van der Waals surface area contributed by atoms with E-state index in [2.05, 4.69) is 5.32 Å². The fourth-order valence-corrected chi connectivity index (χ4v) is 4.09. The zero-order valence-corrected chi connectivity index (χ0v) is 12.1. The highest BCUT2D eigenvalue weighted by Crippen LogP contribution is 2.21. The molecule has 0 aromatic heterocycles. The van der Waals surface area contributed by atoms with Gasteiger partial charge in [-0.2, -0.15) is 4.31 Å². The summed E-state index contributed by atoms with van der Waals surface area (Å²) >= 11 is 0. The molecule has 0 amide bonds. The Balaban J connectivity index is 2.72.